The maximum atomic E-state index is 15.0. The van der Waals surface area contributed by atoms with E-state index in [9.17, 15) is 9.50 Å². The van der Waals surface area contributed by atoms with Crippen LogP contribution in [0, 0.1) is 5.82 Å². The lowest BCUT2D eigenvalue weighted by atomic mass is 9.72. The van der Waals surface area contributed by atoms with Crippen LogP contribution in [0.5, 0.6) is 5.75 Å². The summed E-state index contributed by atoms with van der Waals surface area (Å²) in [4.78, 5) is 2.39. The van der Waals surface area contributed by atoms with Crippen LogP contribution in [0.25, 0.3) is 0 Å². The van der Waals surface area contributed by atoms with Crippen molar-refractivity contribution >= 4 is 24.8 Å². The van der Waals surface area contributed by atoms with Crippen molar-refractivity contribution in [3.05, 3.63) is 65.5 Å². The SMILES string of the molecule is Cl.Cl.OC1(C(CN2CCNCC2)c2ccc(OCc3ccccc3)c(F)c2)CCCCC1. The van der Waals surface area contributed by atoms with E-state index in [0.29, 0.717) is 6.61 Å². The van der Waals surface area contributed by atoms with Crippen LogP contribution in [-0.2, 0) is 6.61 Å². The molecule has 4 nitrogen and oxygen atoms in total. The van der Waals surface area contributed by atoms with E-state index < -0.39 is 5.60 Å². The van der Waals surface area contributed by atoms with Crippen molar-refractivity contribution in [2.24, 2.45) is 0 Å². The molecular weight excluding hydrogens is 450 g/mol. The molecule has 1 saturated heterocycles. The highest BCUT2D eigenvalue weighted by atomic mass is 35.5. The molecule has 1 saturated carbocycles. The van der Waals surface area contributed by atoms with Gasteiger partial charge in [-0.25, -0.2) is 4.39 Å². The lowest BCUT2D eigenvalue weighted by Crippen LogP contribution is -2.49. The van der Waals surface area contributed by atoms with E-state index in [2.05, 4.69) is 10.2 Å². The molecule has 0 amide bonds. The minimum atomic E-state index is -0.762. The van der Waals surface area contributed by atoms with E-state index in [0.717, 1.165) is 69.5 Å². The number of aliphatic hydroxyl groups is 1. The van der Waals surface area contributed by atoms with Crippen molar-refractivity contribution in [2.45, 2.75) is 50.2 Å². The third-order valence-corrected chi connectivity index (χ3v) is 6.61. The van der Waals surface area contributed by atoms with Crippen molar-refractivity contribution in [3.8, 4) is 5.75 Å². The topological polar surface area (TPSA) is 44.7 Å². The van der Waals surface area contributed by atoms with Gasteiger partial charge in [0.15, 0.2) is 11.6 Å². The lowest BCUT2D eigenvalue weighted by Gasteiger charge is -2.42. The smallest absolute Gasteiger partial charge is 0.165 e. The molecule has 2 N–H and O–H groups in total. The summed E-state index contributed by atoms with van der Waals surface area (Å²) in [5.74, 6) is -0.180. The van der Waals surface area contributed by atoms with Gasteiger partial charge in [-0.05, 0) is 36.1 Å². The number of rotatable bonds is 7. The van der Waals surface area contributed by atoms with E-state index in [1.54, 1.807) is 12.1 Å². The second-order valence-corrected chi connectivity index (χ2v) is 8.73. The molecule has 2 aromatic carbocycles. The number of benzene rings is 2. The Morgan fingerprint density at radius 1 is 1.00 bits per heavy atom. The van der Waals surface area contributed by atoms with Gasteiger partial charge < -0.3 is 20.1 Å². The fourth-order valence-electron chi connectivity index (χ4n) is 4.84. The Labute approximate surface area is 203 Å². The van der Waals surface area contributed by atoms with Gasteiger partial charge in [0.05, 0.1) is 5.60 Å². The summed E-state index contributed by atoms with van der Waals surface area (Å²) in [7, 11) is 0. The van der Waals surface area contributed by atoms with Gasteiger partial charge in [-0.2, -0.15) is 0 Å². The maximum Gasteiger partial charge on any atom is 0.165 e. The van der Waals surface area contributed by atoms with Crippen LogP contribution in [0.3, 0.4) is 0 Å². The fourth-order valence-corrected chi connectivity index (χ4v) is 4.84. The molecular formula is C25H35Cl2FN2O2. The number of piperazine rings is 1. The molecule has 7 heteroatoms. The fraction of sp³-hybridized carbons (Fsp3) is 0.520. The summed E-state index contributed by atoms with van der Waals surface area (Å²) in [6.45, 7) is 4.96. The van der Waals surface area contributed by atoms with Gasteiger partial charge in [0.1, 0.15) is 6.61 Å². The van der Waals surface area contributed by atoms with Crippen LogP contribution >= 0.6 is 24.8 Å². The Balaban J connectivity index is 0.00000181. The summed E-state index contributed by atoms with van der Waals surface area (Å²) in [6, 6.07) is 15.0. The molecule has 2 aromatic rings. The van der Waals surface area contributed by atoms with Crippen LogP contribution in [0.4, 0.5) is 4.39 Å². The van der Waals surface area contributed by atoms with Gasteiger partial charge in [-0.15, -0.1) is 24.8 Å². The minimum absolute atomic E-state index is 0. The summed E-state index contributed by atoms with van der Waals surface area (Å²) >= 11 is 0. The van der Waals surface area contributed by atoms with E-state index in [1.165, 1.54) is 6.42 Å². The van der Waals surface area contributed by atoms with Crippen LogP contribution in [0.1, 0.15) is 49.1 Å². The Morgan fingerprint density at radius 3 is 2.34 bits per heavy atom. The quantitative estimate of drug-likeness (QED) is 0.584. The summed E-state index contributed by atoms with van der Waals surface area (Å²) in [5, 5.41) is 14.9. The van der Waals surface area contributed by atoms with E-state index >= 15 is 0 Å². The van der Waals surface area contributed by atoms with Gasteiger partial charge in [-0.1, -0.05) is 55.7 Å². The standard InChI is InChI=1S/C25H33FN2O2.2ClH/c26-23-17-21(9-10-24(23)30-19-20-7-3-1-4-8-20)22(18-28-15-13-27-14-16-28)25(29)11-5-2-6-12-25;;/h1,3-4,7-10,17,22,27,29H,2,5-6,11-16,18-19H2;2*1H. The molecule has 1 unspecified atom stereocenters. The first-order chi connectivity index (χ1) is 14.6. The highest BCUT2D eigenvalue weighted by Gasteiger charge is 2.40. The molecule has 1 aliphatic carbocycles. The number of ether oxygens (including phenoxy) is 1. The zero-order valence-electron chi connectivity index (χ0n) is 18.5. The molecule has 1 atom stereocenters. The first kappa shape index (κ1) is 26.9. The zero-order chi connectivity index (χ0) is 20.8. The van der Waals surface area contributed by atoms with Crippen molar-refractivity contribution in [1.82, 2.24) is 10.2 Å². The van der Waals surface area contributed by atoms with Crippen molar-refractivity contribution < 1.29 is 14.2 Å². The summed E-state index contributed by atoms with van der Waals surface area (Å²) < 4.78 is 20.7. The lowest BCUT2D eigenvalue weighted by molar-refractivity contribution is -0.0317. The molecule has 0 radical (unpaired) electrons. The van der Waals surface area contributed by atoms with Crippen molar-refractivity contribution in [1.29, 1.82) is 0 Å². The third-order valence-electron chi connectivity index (χ3n) is 6.61. The molecule has 2 fully saturated rings. The van der Waals surface area contributed by atoms with Gasteiger partial charge in [0.2, 0.25) is 0 Å². The largest absolute Gasteiger partial charge is 0.486 e. The molecule has 0 spiro atoms. The first-order valence-corrected chi connectivity index (χ1v) is 11.3. The number of nitrogens with one attached hydrogen (secondary N) is 1. The molecule has 32 heavy (non-hydrogen) atoms. The van der Waals surface area contributed by atoms with Gasteiger partial charge in [-0.3, -0.25) is 0 Å². The van der Waals surface area contributed by atoms with Gasteiger partial charge in [0, 0.05) is 38.6 Å². The Bertz CT molecular complexity index is 813. The molecule has 1 heterocycles. The number of nitrogens with zero attached hydrogens (tertiary/aromatic N) is 1. The average molecular weight is 485 g/mol. The predicted molar refractivity (Wildman–Crippen MR) is 132 cm³/mol. The number of hydrogen-bond acceptors (Lipinski definition) is 4. The van der Waals surface area contributed by atoms with Crippen molar-refractivity contribution in [2.75, 3.05) is 32.7 Å². The van der Waals surface area contributed by atoms with Gasteiger partial charge >= 0.3 is 0 Å². The predicted octanol–water partition coefficient (Wildman–Crippen LogP) is 4.93. The minimum Gasteiger partial charge on any atom is -0.486 e. The first-order valence-electron chi connectivity index (χ1n) is 11.3. The zero-order valence-corrected chi connectivity index (χ0v) is 20.1. The molecule has 4 rings (SSSR count). The van der Waals surface area contributed by atoms with Crippen LogP contribution in [0.15, 0.2) is 48.5 Å². The van der Waals surface area contributed by atoms with Crippen LogP contribution in [0.2, 0.25) is 0 Å². The molecule has 2 aliphatic rings. The molecule has 178 valence electrons. The number of hydrogen-bond donors (Lipinski definition) is 2. The summed E-state index contributed by atoms with van der Waals surface area (Å²) in [5.41, 5.74) is 1.12. The normalized spacial score (nSPS) is 19.3. The average Bonchev–Trinajstić information content (AvgIpc) is 2.78. The highest BCUT2D eigenvalue weighted by Crippen LogP contribution is 2.41. The Hall–Kier alpha value is -1.37. The molecule has 1 aliphatic heterocycles. The number of halogens is 3. The summed E-state index contributed by atoms with van der Waals surface area (Å²) in [6.07, 6.45) is 4.82. The maximum absolute atomic E-state index is 15.0. The van der Waals surface area contributed by atoms with Crippen LogP contribution < -0.4 is 10.1 Å². The van der Waals surface area contributed by atoms with Gasteiger partial charge in [0.25, 0.3) is 0 Å². The molecule has 0 aromatic heterocycles. The van der Waals surface area contributed by atoms with E-state index in [-0.39, 0.29) is 42.3 Å². The molecule has 0 bridgehead atoms. The van der Waals surface area contributed by atoms with Crippen LogP contribution in [-0.4, -0.2) is 48.3 Å². The van der Waals surface area contributed by atoms with E-state index in [1.807, 2.05) is 36.4 Å². The monoisotopic (exact) mass is 484 g/mol. The van der Waals surface area contributed by atoms with E-state index in [4.69, 9.17) is 4.74 Å². The Kier molecular flexibility index (Phi) is 10.7. The van der Waals surface area contributed by atoms with Crippen molar-refractivity contribution in [3.63, 3.8) is 0 Å². The third kappa shape index (κ3) is 6.82. The Morgan fingerprint density at radius 2 is 1.69 bits per heavy atom. The second kappa shape index (κ2) is 12.8. The highest BCUT2D eigenvalue weighted by molar-refractivity contribution is 5.85. The second-order valence-electron chi connectivity index (χ2n) is 8.73.